The van der Waals surface area contributed by atoms with E-state index < -0.39 is 6.10 Å². The fraction of sp³-hybridized carbons (Fsp3) is 0.308. The third-order valence-corrected chi connectivity index (χ3v) is 3.46. The molecule has 0 aliphatic heterocycles. The van der Waals surface area contributed by atoms with E-state index in [9.17, 15) is 5.11 Å². The zero-order valence-corrected chi connectivity index (χ0v) is 10.0. The van der Waals surface area contributed by atoms with Gasteiger partial charge < -0.3 is 5.11 Å². The van der Waals surface area contributed by atoms with Crippen LogP contribution in [-0.4, -0.2) is 10.1 Å². The Labute approximate surface area is 99.6 Å². The molecule has 16 heavy (non-hydrogen) atoms. The van der Waals surface area contributed by atoms with Crippen LogP contribution in [0.5, 0.6) is 0 Å². The standard InChI is InChI=1S/C13H15NOS/c1-10(9-12-14-7-8-16-12)13(15)11-5-3-2-4-6-11/h2-8,10,13,15H,9H2,1H3. The van der Waals surface area contributed by atoms with Gasteiger partial charge in [-0.1, -0.05) is 37.3 Å². The fourth-order valence-electron chi connectivity index (χ4n) is 1.72. The molecule has 0 aliphatic carbocycles. The second-order valence-corrected chi connectivity index (χ2v) is 4.94. The number of benzene rings is 1. The summed E-state index contributed by atoms with van der Waals surface area (Å²) in [5.74, 6) is 0.188. The molecule has 2 nitrogen and oxygen atoms in total. The first-order valence-corrected chi connectivity index (χ1v) is 6.26. The van der Waals surface area contributed by atoms with Gasteiger partial charge in [-0.15, -0.1) is 11.3 Å². The van der Waals surface area contributed by atoms with E-state index in [0.717, 1.165) is 17.0 Å². The summed E-state index contributed by atoms with van der Waals surface area (Å²) in [7, 11) is 0. The highest BCUT2D eigenvalue weighted by molar-refractivity contribution is 7.09. The summed E-state index contributed by atoms with van der Waals surface area (Å²) in [4.78, 5) is 4.24. The number of nitrogens with zero attached hydrogens (tertiary/aromatic N) is 1. The molecular formula is C13H15NOS. The molecule has 0 bridgehead atoms. The molecule has 2 rings (SSSR count). The Bertz CT molecular complexity index is 413. The minimum Gasteiger partial charge on any atom is -0.388 e. The first-order chi connectivity index (χ1) is 7.77. The molecule has 2 unspecified atom stereocenters. The number of thiazole rings is 1. The van der Waals surface area contributed by atoms with Crippen LogP contribution in [0.2, 0.25) is 0 Å². The van der Waals surface area contributed by atoms with Crippen molar-refractivity contribution < 1.29 is 5.11 Å². The smallest absolute Gasteiger partial charge is 0.0928 e. The lowest BCUT2D eigenvalue weighted by atomic mass is 9.95. The molecule has 1 N–H and O–H groups in total. The number of rotatable bonds is 4. The maximum atomic E-state index is 10.2. The van der Waals surface area contributed by atoms with Gasteiger partial charge in [0.1, 0.15) is 0 Å². The zero-order chi connectivity index (χ0) is 11.4. The summed E-state index contributed by atoms with van der Waals surface area (Å²) in [5, 5.41) is 13.2. The van der Waals surface area contributed by atoms with Gasteiger partial charge in [-0.05, 0) is 11.5 Å². The minimum absolute atomic E-state index is 0.188. The molecular weight excluding hydrogens is 218 g/mol. The third kappa shape index (κ3) is 2.68. The van der Waals surface area contributed by atoms with Gasteiger partial charge in [-0.3, -0.25) is 0 Å². The molecule has 0 saturated carbocycles. The van der Waals surface area contributed by atoms with E-state index in [-0.39, 0.29) is 5.92 Å². The third-order valence-electron chi connectivity index (χ3n) is 2.66. The van der Waals surface area contributed by atoms with E-state index in [1.54, 1.807) is 11.3 Å². The Morgan fingerprint density at radius 3 is 2.69 bits per heavy atom. The van der Waals surface area contributed by atoms with Crippen molar-refractivity contribution in [2.75, 3.05) is 0 Å². The molecule has 1 aromatic carbocycles. The summed E-state index contributed by atoms with van der Waals surface area (Å²) >= 11 is 1.64. The van der Waals surface area contributed by atoms with Crippen LogP contribution < -0.4 is 0 Å². The first kappa shape index (κ1) is 11.3. The van der Waals surface area contributed by atoms with Gasteiger partial charge in [0, 0.05) is 18.0 Å². The van der Waals surface area contributed by atoms with Crippen molar-refractivity contribution in [1.82, 2.24) is 4.98 Å². The Morgan fingerprint density at radius 2 is 2.06 bits per heavy atom. The maximum absolute atomic E-state index is 10.2. The van der Waals surface area contributed by atoms with Gasteiger partial charge in [0.05, 0.1) is 11.1 Å². The molecule has 2 aromatic rings. The van der Waals surface area contributed by atoms with E-state index in [0.29, 0.717) is 0 Å². The van der Waals surface area contributed by atoms with Gasteiger partial charge >= 0.3 is 0 Å². The van der Waals surface area contributed by atoms with Crippen molar-refractivity contribution in [2.24, 2.45) is 5.92 Å². The molecule has 0 amide bonds. The van der Waals surface area contributed by atoms with E-state index >= 15 is 0 Å². The minimum atomic E-state index is -0.412. The monoisotopic (exact) mass is 233 g/mol. The Hall–Kier alpha value is -1.19. The van der Waals surface area contributed by atoms with Crippen LogP contribution >= 0.6 is 11.3 Å². The highest BCUT2D eigenvalue weighted by Gasteiger charge is 2.17. The molecule has 0 spiro atoms. The van der Waals surface area contributed by atoms with Gasteiger partial charge in [0.2, 0.25) is 0 Å². The van der Waals surface area contributed by atoms with Crippen LogP contribution in [0.1, 0.15) is 23.6 Å². The van der Waals surface area contributed by atoms with Crippen LogP contribution in [0.25, 0.3) is 0 Å². The maximum Gasteiger partial charge on any atom is 0.0928 e. The van der Waals surface area contributed by atoms with Gasteiger partial charge in [-0.25, -0.2) is 4.98 Å². The molecule has 1 aromatic heterocycles. The largest absolute Gasteiger partial charge is 0.388 e. The Balaban J connectivity index is 2.02. The van der Waals surface area contributed by atoms with Crippen LogP contribution in [-0.2, 0) is 6.42 Å². The number of hydrogen-bond acceptors (Lipinski definition) is 3. The van der Waals surface area contributed by atoms with E-state index in [2.05, 4.69) is 11.9 Å². The van der Waals surface area contributed by atoms with Crippen molar-refractivity contribution in [3.05, 3.63) is 52.5 Å². The zero-order valence-electron chi connectivity index (χ0n) is 9.21. The van der Waals surface area contributed by atoms with Gasteiger partial charge in [-0.2, -0.15) is 0 Å². The van der Waals surface area contributed by atoms with Crippen molar-refractivity contribution in [3.8, 4) is 0 Å². The quantitative estimate of drug-likeness (QED) is 0.880. The predicted octanol–water partition coefficient (Wildman–Crippen LogP) is 3.06. The molecule has 0 saturated heterocycles. The topological polar surface area (TPSA) is 33.1 Å². The molecule has 84 valence electrons. The number of hydrogen-bond donors (Lipinski definition) is 1. The summed E-state index contributed by atoms with van der Waals surface area (Å²) in [6, 6.07) is 9.79. The van der Waals surface area contributed by atoms with Crippen LogP contribution in [0.4, 0.5) is 0 Å². The summed E-state index contributed by atoms with van der Waals surface area (Å²) in [6.07, 6.45) is 2.22. The lowest BCUT2D eigenvalue weighted by Gasteiger charge is -2.17. The molecule has 0 aliphatic rings. The summed E-state index contributed by atoms with van der Waals surface area (Å²) in [5.41, 5.74) is 0.978. The van der Waals surface area contributed by atoms with Crippen molar-refractivity contribution in [3.63, 3.8) is 0 Å². The summed E-state index contributed by atoms with van der Waals surface area (Å²) < 4.78 is 0. The number of aromatic nitrogens is 1. The van der Waals surface area contributed by atoms with Crippen LogP contribution in [0, 0.1) is 5.92 Å². The summed E-state index contributed by atoms with van der Waals surface area (Å²) in [6.45, 7) is 2.05. The molecule has 2 atom stereocenters. The van der Waals surface area contributed by atoms with Gasteiger partial charge in [0.15, 0.2) is 0 Å². The second-order valence-electron chi connectivity index (χ2n) is 3.96. The van der Waals surface area contributed by atoms with Crippen molar-refractivity contribution in [1.29, 1.82) is 0 Å². The average molecular weight is 233 g/mol. The lowest BCUT2D eigenvalue weighted by molar-refractivity contribution is 0.117. The molecule has 3 heteroatoms. The molecule has 0 fully saturated rings. The second kappa shape index (κ2) is 5.23. The lowest BCUT2D eigenvalue weighted by Crippen LogP contribution is -2.11. The van der Waals surface area contributed by atoms with Crippen LogP contribution in [0.15, 0.2) is 41.9 Å². The predicted molar refractivity (Wildman–Crippen MR) is 66.4 cm³/mol. The average Bonchev–Trinajstić information content (AvgIpc) is 2.82. The SMILES string of the molecule is CC(Cc1nccs1)C(O)c1ccccc1. The van der Waals surface area contributed by atoms with E-state index in [1.165, 1.54) is 0 Å². The van der Waals surface area contributed by atoms with Gasteiger partial charge in [0.25, 0.3) is 0 Å². The normalized spacial score (nSPS) is 14.6. The Morgan fingerprint density at radius 1 is 1.31 bits per heavy atom. The van der Waals surface area contributed by atoms with Crippen LogP contribution in [0.3, 0.4) is 0 Å². The molecule has 1 heterocycles. The molecule has 0 radical (unpaired) electrons. The fourth-order valence-corrected chi connectivity index (χ4v) is 2.48. The Kier molecular flexibility index (Phi) is 3.70. The first-order valence-electron chi connectivity index (χ1n) is 5.39. The van der Waals surface area contributed by atoms with Crippen molar-refractivity contribution in [2.45, 2.75) is 19.4 Å². The highest BCUT2D eigenvalue weighted by atomic mass is 32.1. The number of aliphatic hydroxyl groups excluding tert-OH is 1. The highest BCUT2D eigenvalue weighted by Crippen LogP contribution is 2.25. The van der Waals surface area contributed by atoms with E-state index in [4.69, 9.17) is 0 Å². The number of aliphatic hydroxyl groups is 1. The van der Waals surface area contributed by atoms with E-state index in [1.807, 2.05) is 41.9 Å². The van der Waals surface area contributed by atoms with Crippen molar-refractivity contribution >= 4 is 11.3 Å².